The molecule has 0 saturated carbocycles. The van der Waals surface area contributed by atoms with Crippen molar-refractivity contribution in [3.05, 3.63) is 29.6 Å². The normalized spacial score (nSPS) is 22.4. The molecule has 1 aromatic rings. The molecule has 1 aliphatic heterocycles. The third-order valence-corrected chi connectivity index (χ3v) is 4.36. The highest BCUT2D eigenvalue weighted by molar-refractivity contribution is 5.19. The van der Waals surface area contributed by atoms with Crippen LogP contribution in [0.1, 0.15) is 38.4 Å². The van der Waals surface area contributed by atoms with E-state index in [-0.39, 0.29) is 0 Å². The van der Waals surface area contributed by atoms with E-state index in [2.05, 4.69) is 42.0 Å². The molecule has 2 atom stereocenters. The summed E-state index contributed by atoms with van der Waals surface area (Å²) in [5.41, 5.74) is 2.65. The van der Waals surface area contributed by atoms with Crippen molar-refractivity contribution in [2.75, 3.05) is 19.6 Å². The topological polar surface area (TPSA) is 28.2 Å². The number of aromatic nitrogens is 1. The van der Waals surface area contributed by atoms with Gasteiger partial charge in [-0.15, -0.1) is 0 Å². The van der Waals surface area contributed by atoms with Gasteiger partial charge >= 0.3 is 0 Å². The van der Waals surface area contributed by atoms with Gasteiger partial charge in [0.05, 0.1) is 5.69 Å². The lowest BCUT2D eigenvalue weighted by molar-refractivity contribution is 0.160. The first-order chi connectivity index (χ1) is 9.24. The van der Waals surface area contributed by atoms with E-state index < -0.39 is 0 Å². The molecule has 2 rings (SSSR count). The van der Waals surface area contributed by atoms with Crippen molar-refractivity contribution in [3.8, 4) is 0 Å². The van der Waals surface area contributed by atoms with Crippen molar-refractivity contribution >= 4 is 0 Å². The van der Waals surface area contributed by atoms with Gasteiger partial charge in [0, 0.05) is 38.4 Å². The monoisotopic (exact) mass is 261 g/mol. The van der Waals surface area contributed by atoms with Crippen LogP contribution in [0.4, 0.5) is 0 Å². The van der Waals surface area contributed by atoms with E-state index >= 15 is 0 Å². The van der Waals surface area contributed by atoms with Gasteiger partial charge in [0.1, 0.15) is 0 Å². The Morgan fingerprint density at radius 1 is 1.47 bits per heavy atom. The fraction of sp³-hybridized carbons (Fsp3) is 0.688. The molecule has 1 saturated heterocycles. The Hall–Kier alpha value is -0.930. The molecule has 3 heteroatoms. The molecule has 1 aromatic heterocycles. The van der Waals surface area contributed by atoms with Gasteiger partial charge in [-0.05, 0) is 24.0 Å². The van der Waals surface area contributed by atoms with Crippen LogP contribution in [0, 0.1) is 5.92 Å². The number of nitrogens with zero attached hydrogens (tertiary/aromatic N) is 2. The number of hydrogen-bond donors (Lipinski definition) is 1. The van der Waals surface area contributed by atoms with Gasteiger partial charge in [-0.1, -0.05) is 33.3 Å². The van der Waals surface area contributed by atoms with Crippen molar-refractivity contribution in [2.45, 2.75) is 46.2 Å². The summed E-state index contributed by atoms with van der Waals surface area (Å²) in [5, 5.41) is 3.65. The highest BCUT2D eigenvalue weighted by atomic mass is 15.2. The van der Waals surface area contributed by atoms with E-state index in [0.717, 1.165) is 38.5 Å². The second-order valence-corrected chi connectivity index (χ2v) is 5.64. The first-order valence-corrected chi connectivity index (χ1v) is 7.63. The van der Waals surface area contributed by atoms with Gasteiger partial charge in [0.15, 0.2) is 0 Å². The van der Waals surface area contributed by atoms with E-state index in [1.165, 1.54) is 17.7 Å². The van der Waals surface area contributed by atoms with Gasteiger partial charge in [-0.3, -0.25) is 9.88 Å². The minimum Gasteiger partial charge on any atom is -0.311 e. The Bertz CT molecular complexity index is 391. The predicted octanol–water partition coefficient (Wildman–Crippen LogP) is 2.46. The number of piperazine rings is 1. The maximum Gasteiger partial charge on any atom is 0.0575 e. The van der Waals surface area contributed by atoms with Crippen molar-refractivity contribution in [1.29, 1.82) is 0 Å². The zero-order chi connectivity index (χ0) is 13.7. The Kier molecular flexibility index (Phi) is 5.34. The summed E-state index contributed by atoms with van der Waals surface area (Å²) in [7, 11) is 0. The Labute approximate surface area is 117 Å². The number of aryl methyl sites for hydroxylation is 1. The van der Waals surface area contributed by atoms with Crippen LogP contribution < -0.4 is 5.32 Å². The summed E-state index contributed by atoms with van der Waals surface area (Å²) >= 11 is 0. The Morgan fingerprint density at radius 3 is 3.05 bits per heavy atom. The summed E-state index contributed by atoms with van der Waals surface area (Å²) in [4.78, 5) is 7.12. The summed E-state index contributed by atoms with van der Waals surface area (Å²) in [6.45, 7) is 11.2. The number of hydrogen-bond acceptors (Lipinski definition) is 3. The minimum atomic E-state index is 0.632. The Balaban J connectivity index is 1.98. The van der Waals surface area contributed by atoms with Crippen molar-refractivity contribution in [3.63, 3.8) is 0 Å². The zero-order valence-electron chi connectivity index (χ0n) is 12.5. The third kappa shape index (κ3) is 3.77. The zero-order valence-corrected chi connectivity index (χ0v) is 12.5. The van der Waals surface area contributed by atoms with Crippen molar-refractivity contribution < 1.29 is 0 Å². The summed E-state index contributed by atoms with van der Waals surface area (Å²) in [5.74, 6) is 0.747. The third-order valence-electron chi connectivity index (χ3n) is 4.36. The van der Waals surface area contributed by atoms with Crippen LogP contribution in [0.3, 0.4) is 0 Å². The lowest BCUT2D eigenvalue weighted by Crippen LogP contribution is -2.52. The standard InChI is InChI=1S/C16H27N3/c1-4-13(3)15-11-19(10-9-18-15)12-16-14(5-2)7-6-8-17-16/h6-8,13,15,18H,4-5,9-12H2,1-3H3. The first-order valence-electron chi connectivity index (χ1n) is 7.63. The van der Waals surface area contributed by atoms with Crippen LogP contribution in [0.25, 0.3) is 0 Å². The van der Waals surface area contributed by atoms with E-state index in [1.807, 2.05) is 12.3 Å². The van der Waals surface area contributed by atoms with E-state index in [4.69, 9.17) is 0 Å². The lowest BCUT2D eigenvalue weighted by atomic mass is 9.97. The SMILES string of the molecule is CCc1cccnc1CN1CCNC(C(C)CC)C1. The maximum absolute atomic E-state index is 4.57. The van der Waals surface area contributed by atoms with Crippen LogP contribution in [0.2, 0.25) is 0 Å². The molecule has 106 valence electrons. The minimum absolute atomic E-state index is 0.632. The molecule has 0 aliphatic carbocycles. The smallest absolute Gasteiger partial charge is 0.0575 e. The molecule has 2 unspecified atom stereocenters. The van der Waals surface area contributed by atoms with Gasteiger partial charge in [0.25, 0.3) is 0 Å². The molecular formula is C16H27N3. The molecule has 0 amide bonds. The van der Waals surface area contributed by atoms with Crippen LogP contribution in [0.15, 0.2) is 18.3 Å². The molecule has 1 aliphatic rings. The second kappa shape index (κ2) is 7.01. The fourth-order valence-electron chi connectivity index (χ4n) is 2.80. The molecule has 0 radical (unpaired) electrons. The Morgan fingerprint density at radius 2 is 2.32 bits per heavy atom. The van der Waals surface area contributed by atoms with E-state index in [1.54, 1.807) is 0 Å². The highest BCUT2D eigenvalue weighted by Crippen LogP contribution is 2.15. The van der Waals surface area contributed by atoms with Crippen LogP contribution in [0.5, 0.6) is 0 Å². The quantitative estimate of drug-likeness (QED) is 0.882. The van der Waals surface area contributed by atoms with Crippen LogP contribution in [-0.4, -0.2) is 35.6 Å². The summed E-state index contributed by atoms with van der Waals surface area (Å²) < 4.78 is 0. The molecule has 3 nitrogen and oxygen atoms in total. The van der Waals surface area contributed by atoms with E-state index in [9.17, 15) is 0 Å². The highest BCUT2D eigenvalue weighted by Gasteiger charge is 2.23. The maximum atomic E-state index is 4.57. The average Bonchev–Trinajstić information content (AvgIpc) is 2.47. The molecular weight excluding hydrogens is 234 g/mol. The largest absolute Gasteiger partial charge is 0.311 e. The van der Waals surface area contributed by atoms with E-state index in [0.29, 0.717) is 6.04 Å². The number of pyridine rings is 1. The molecule has 0 bridgehead atoms. The van der Waals surface area contributed by atoms with Crippen molar-refractivity contribution in [1.82, 2.24) is 15.2 Å². The number of rotatable bonds is 5. The summed E-state index contributed by atoms with van der Waals surface area (Å²) in [6, 6.07) is 4.88. The first kappa shape index (κ1) is 14.5. The van der Waals surface area contributed by atoms with Crippen molar-refractivity contribution in [2.24, 2.45) is 5.92 Å². The average molecular weight is 261 g/mol. The van der Waals surface area contributed by atoms with Crippen LogP contribution in [-0.2, 0) is 13.0 Å². The lowest BCUT2D eigenvalue weighted by Gasteiger charge is -2.36. The molecule has 1 fully saturated rings. The van der Waals surface area contributed by atoms with Crippen LogP contribution >= 0.6 is 0 Å². The molecule has 1 N–H and O–H groups in total. The molecule has 19 heavy (non-hydrogen) atoms. The van der Waals surface area contributed by atoms with Gasteiger partial charge < -0.3 is 5.32 Å². The van der Waals surface area contributed by atoms with Gasteiger partial charge in [-0.2, -0.15) is 0 Å². The summed E-state index contributed by atoms with van der Waals surface area (Å²) in [6.07, 6.45) is 4.24. The number of nitrogens with one attached hydrogen (secondary N) is 1. The predicted molar refractivity (Wildman–Crippen MR) is 80.1 cm³/mol. The van der Waals surface area contributed by atoms with Gasteiger partial charge in [0.2, 0.25) is 0 Å². The fourth-order valence-corrected chi connectivity index (χ4v) is 2.80. The second-order valence-electron chi connectivity index (χ2n) is 5.64. The van der Waals surface area contributed by atoms with Gasteiger partial charge in [-0.25, -0.2) is 0 Å². The molecule has 2 heterocycles. The molecule has 0 spiro atoms. The molecule has 0 aromatic carbocycles.